The quantitative estimate of drug-likeness (QED) is 0.502. The highest BCUT2D eigenvalue weighted by Crippen LogP contribution is 2.21. The van der Waals surface area contributed by atoms with Gasteiger partial charge in [-0.2, -0.15) is 11.8 Å². The van der Waals surface area contributed by atoms with Crippen LogP contribution >= 0.6 is 34.9 Å². The minimum absolute atomic E-state index is 0.0839. The Kier molecular flexibility index (Phi) is 8.42. The van der Waals surface area contributed by atoms with E-state index in [1.807, 2.05) is 43.0 Å². The predicted octanol–water partition coefficient (Wildman–Crippen LogP) is 4.29. The number of carbonyl (C=O) groups is 1. The number of benzene rings is 1. The van der Waals surface area contributed by atoms with Crippen LogP contribution in [0.15, 0.2) is 46.7 Å². The molecule has 2 rings (SSSR count). The number of carbonyl (C=O) groups excluding carboxylic acids is 1. The first kappa shape index (κ1) is 18.2. The van der Waals surface area contributed by atoms with Gasteiger partial charge in [0.2, 0.25) is 5.91 Å². The zero-order valence-corrected chi connectivity index (χ0v) is 15.6. The summed E-state index contributed by atoms with van der Waals surface area (Å²) in [7, 11) is 0. The van der Waals surface area contributed by atoms with Crippen LogP contribution in [0.1, 0.15) is 11.8 Å². The lowest BCUT2D eigenvalue weighted by Crippen LogP contribution is -2.27. The highest BCUT2D eigenvalue weighted by Gasteiger charge is 2.03. The molecule has 0 aliphatic carbocycles. The Bertz CT molecular complexity index is 570. The van der Waals surface area contributed by atoms with Gasteiger partial charge in [-0.05, 0) is 42.6 Å². The van der Waals surface area contributed by atoms with Crippen molar-refractivity contribution in [2.45, 2.75) is 17.6 Å². The first-order valence-electron chi connectivity index (χ1n) is 7.50. The molecular formula is C17H21NO2S3. The second-order valence-electron chi connectivity index (χ2n) is 4.67. The molecule has 1 N–H and O–H groups in total. The molecule has 0 aliphatic rings. The molecule has 1 aromatic heterocycles. The number of nitrogens with one attached hydrogen (secondary N) is 1. The summed E-state index contributed by atoms with van der Waals surface area (Å²) >= 11 is 5.17. The standard InChI is InChI=1S/C17H21NO2S3/c1-2-20-14-5-7-15(8-6-14)23-13-17(19)18-9-11-21-12-16-4-3-10-22-16/h3-8,10H,2,9,11-13H2,1H3,(H,18,19). The van der Waals surface area contributed by atoms with Gasteiger partial charge >= 0.3 is 0 Å². The van der Waals surface area contributed by atoms with Crippen LogP contribution in [-0.2, 0) is 10.5 Å². The number of hydrogen-bond acceptors (Lipinski definition) is 5. The molecule has 6 heteroatoms. The van der Waals surface area contributed by atoms with Crippen LogP contribution in [0.25, 0.3) is 0 Å². The molecule has 0 saturated carbocycles. The molecule has 3 nitrogen and oxygen atoms in total. The van der Waals surface area contributed by atoms with E-state index in [2.05, 4.69) is 22.8 Å². The summed E-state index contributed by atoms with van der Waals surface area (Å²) in [6.07, 6.45) is 0. The minimum atomic E-state index is 0.0839. The zero-order valence-electron chi connectivity index (χ0n) is 13.1. The molecule has 124 valence electrons. The van der Waals surface area contributed by atoms with Gasteiger partial charge in [0.15, 0.2) is 0 Å². The number of hydrogen-bond donors (Lipinski definition) is 1. The minimum Gasteiger partial charge on any atom is -0.494 e. The first-order valence-corrected chi connectivity index (χ1v) is 10.5. The van der Waals surface area contributed by atoms with E-state index < -0.39 is 0 Å². The third-order valence-electron chi connectivity index (χ3n) is 2.90. The Hall–Kier alpha value is -1.11. The summed E-state index contributed by atoms with van der Waals surface area (Å²) in [5.41, 5.74) is 0. The molecule has 1 aromatic carbocycles. The topological polar surface area (TPSA) is 38.3 Å². The lowest BCUT2D eigenvalue weighted by atomic mass is 10.3. The van der Waals surface area contributed by atoms with Gasteiger partial charge < -0.3 is 10.1 Å². The van der Waals surface area contributed by atoms with Gasteiger partial charge in [-0.1, -0.05) is 6.07 Å². The highest BCUT2D eigenvalue weighted by atomic mass is 32.2. The van der Waals surface area contributed by atoms with Crippen LogP contribution in [0.5, 0.6) is 5.75 Å². The van der Waals surface area contributed by atoms with Crippen molar-refractivity contribution in [1.82, 2.24) is 5.32 Å². The maximum absolute atomic E-state index is 11.8. The Morgan fingerprint density at radius 2 is 2.09 bits per heavy atom. The number of rotatable bonds is 10. The Morgan fingerprint density at radius 1 is 1.26 bits per heavy atom. The number of amides is 1. The Labute approximate surface area is 150 Å². The summed E-state index contributed by atoms with van der Waals surface area (Å²) in [6.45, 7) is 3.35. The van der Waals surface area contributed by atoms with E-state index >= 15 is 0 Å². The van der Waals surface area contributed by atoms with Crippen molar-refractivity contribution in [3.8, 4) is 5.75 Å². The van der Waals surface area contributed by atoms with Crippen LogP contribution in [-0.4, -0.2) is 30.6 Å². The maximum Gasteiger partial charge on any atom is 0.230 e. The van der Waals surface area contributed by atoms with E-state index in [0.29, 0.717) is 12.4 Å². The van der Waals surface area contributed by atoms with Crippen molar-refractivity contribution >= 4 is 40.8 Å². The lowest BCUT2D eigenvalue weighted by molar-refractivity contribution is -0.118. The molecule has 2 aromatic rings. The van der Waals surface area contributed by atoms with Crippen LogP contribution in [0, 0.1) is 0 Å². The van der Waals surface area contributed by atoms with E-state index in [0.717, 1.165) is 28.7 Å². The summed E-state index contributed by atoms with van der Waals surface area (Å²) in [5, 5.41) is 5.06. The SMILES string of the molecule is CCOc1ccc(SCC(=O)NCCSCc2cccs2)cc1. The van der Waals surface area contributed by atoms with Crippen molar-refractivity contribution in [2.24, 2.45) is 0 Å². The number of thioether (sulfide) groups is 2. The molecule has 0 saturated heterocycles. The molecule has 0 fully saturated rings. The summed E-state index contributed by atoms with van der Waals surface area (Å²) in [6, 6.07) is 12.1. The largest absolute Gasteiger partial charge is 0.494 e. The fourth-order valence-electron chi connectivity index (χ4n) is 1.83. The molecule has 0 unspecified atom stereocenters. The molecule has 0 atom stereocenters. The van der Waals surface area contributed by atoms with Gasteiger partial charge in [-0.25, -0.2) is 0 Å². The van der Waals surface area contributed by atoms with Gasteiger partial charge in [-0.15, -0.1) is 23.1 Å². The van der Waals surface area contributed by atoms with Crippen molar-refractivity contribution in [3.05, 3.63) is 46.7 Å². The van der Waals surface area contributed by atoms with Gasteiger partial charge in [0.1, 0.15) is 5.75 Å². The Balaban J connectivity index is 1.55. The van der Waals surface area contributed by atoms with E-state index in [-0.39, 0.29) is 5.91 Å². The molecule has 23 heavy (non-hydrogen) atoms. The monoisotopic (exact) mass is 367 g/mol. The summed E-state index contributed by atoms with van der Waals surface area (Å²) < 4.78 is 5.40. The zero-order chi connectivity index (χ0) is 16.3. The average molecular weight is 368 g/mol. The van der Waals surface area contributed by atoms with Crippen LogP contribution < -0.4 is 10.1 Å². The molecule has 0 aliphatic heterocycles. The van der Waals surface area contributed by atoms with E-state index in [1.165, 1.54) is 4.88 Å². The van der Waals surface area contributed by atoms with Gasteiger partial charge in [0.05, 0.1) is 12.4 Å². The normalized spacial score (nSPS) is 10.5. The van der Waals surface area contributed by atoms with Crippen molar-refractivity contribution in [1.29, 1.82) is 0 Å². The molecular weight excluding hydrogens is 346 g/mol. The average Bonchev–Trinajstić information content (AvgIpc) is 3.07. The summed E-state index contributed by atoms with van der Waals surface area (Å²) in [4.78, 5) is 14.3. The molecule has 1 amide bonds. The summed E-state index contributed by atoms with van der Waals surface area (Å²) in [5.74, 6) is 3.36. The maximum atomic E-state index is 11.8. The molecule has 0 radical (unpaired) electrons. The van der Waals surface area contributed by atoms with Crippen molar-refractivity contribution in [2.75, 3.05) is 24.7 Å². The van der Waals surface area contributed by atoms with Crippen LogP contribution in [0.4, 0.5) is 0 Å². The third kappa shape index (κ3) is 7.33. The third-order valence-corrected chi connectivity index (χ3v) is 5.98. The Morgan fingerprint density at radius 3 is 2.78 bits per heavy atom. The fraction of sp³-hybridized carbons (Fsp3) is 0.353. The van der Waals surface area contributed by atoms with Crippen molar-refractivity contribution < 1.29 is 9.53 Å². The molecule has 1 heterocycles. The molecule has 0 spiro atoms. The van der Waals surface area contributed by atoms with Gasteiger partial charge in [0.25, 0.3) is 0 Å². The van der Waals surface area contributed by atoms with Crippen LogP contribution in [0.3, 0.4) is 0 Å². The molecule has 0 bridgehead atoms. The van der Waals surface area contributed by atoms with Crippen LogP contribution in [0.2, 0.25) is 0 Å². The fourth-order valence-corrected chi connectivity index (χ4v) is 4.26. The number of ether oxygens (including phenoxy) is 1. The van der Waals surface area contributed by atoms with E-state index in [4.69, 9.17) is 4.74 Å². The van der Waals surface area contributed by atoms with Gasteiger partial charge in [0, 0.05) is 27.8 Å². The second-order valence-corrected chi connectivity index (χ2v) is 7.86. The first-order chi connectivity index (χ1) is 11.3. The predicted molar refractivity (Wildman–Crippen MR) is 102 cm³/mol. The van der Waals surface area contributed by atoms with E-state index in [1.54, 1.807) is 23.1 Å². The lowest BCUT2D eigenvalue weighted by Gasteiger charge is -2.06. The smallest absolute Gasteiger partial charge is 0.230 e. The van der Waals surface area contributed by atoms with E-state index in [9.17, 15) is 4.79 Å². The second kappa shape index (κ2) is 10.6. The number of thiophene rings is 1. The van der Waals surface area contributed by atoms with Gasteiger partial charge in [-0.3, -0.25) is 4.79 Å². The van der Waals surface area contributed by atoms with Crippen molar-refractivity contribution in [3.63, 3.8) is 0 Å². The highest BCUT2D eigenvalue weighted by molar-refractivity contribution is 8.00.